The number of anilines is 1. The van der Waals surface area contributed by atoms with E-state index in [1.807, 2.05) is 30.3 Å². The van der Waals surface area contributed by atoms with Crippen molar-refractivity contribution in [1.29, 1.82) is 0 Å². The molecule has 0 unspecified atom stereocenters. The topological polar surface area (TPSA) is 57.7 Å². The summed E-state index contributed by atoms with van der Waals surface area (Å²) in [5.74, 6) is 0.811. The van der Waals surface area contributed by atoms with Gasteiger partial charge in [-0.1, -0.05) is 30.4 Å². The molecule has 1 aliphatic heterocycles. The molecule has 5 aliphatic rings. The highest BCUT2D eigenvalue weighted by atomic mass is 16.2. The minimum absolute atomic E-state index is 0.0127. The van der Waals surface area contributed by atoms with Crippen LogP contribution in [0.2, 0.25) is 0 Å². The van der Waals surface area contributed by atoms with Crippen LogP contribution in [0.5, 0.6) is 0 Å². The van der Waals surface area contributed by atoms with Crippen molar-refractivity contribution in [3.05, 3.63) is 42.5 Å². The Balaban J connectivity index is 1.45. The predicted octanol–water partition coefficient (Wildman–Crippen LogP) is 2.05. The van der Waals surface area contributed by atoms with E-state index in [-0.39, 0.29) is 48.1 Å². The third kappa shape index (κ3) is 1.98. The molecule has 128 valence electrons. The van der Waals surface area contributed by atoms with Crippen LogP contribution in [0, 0.1) is 35.5 Å². The van der Waals surface area contributed by atoms with Crippen molar-refractivity contribution in [1.82, 2.24) is 4.90 Å². The number of allylic oxidation sites excluding steroid dienone is 2. The van der Waals surface area contributed by atoms with Gasteiger partial charge >= 0.3 is 0 Å². The third-order valence-corrected chi connectivity index (χ3v) is 6.48. The maximum absolute atomic E-state index is 13.0. The van der Waals surface area contributed by atoms with E-state index in [9.17, 15) is 14.4 Å². The summed E-state index contributed by atoms with van der Waals surface area (Å²) >= 11 is 0. The highest BCUT2D eigenvalue weighted by Crippen LogP contribution is 2.65. The zero-order valence-corrected chi connectivity index (χ0v) is 14.0. The number of para-hydroxylation sites is 1. The van der Waals surface area contributed by atoms with Crippen LogP contribution in [0.3, 0.4) is 0 Å². The minimum atomic E-state index is -0.212. The molecule has 0 aromatic heterocycles. The van der Waals surface area contributed by atoms with Crippen molar-refractivity contribution in [2.45, 2.75) is 13.3 Å². The molecule has 0 spiro atoms. The summed E-state index contributed by atoms with van der Waals surface area (Å²) < 4.78 is 0. The van der Waals surface area contributed by atoms with E-state index in [4.69, 9.17) is 0 Å². The van der Waals surface area contributed by atoms with E-state index >= 15 is 0 Å². The molecule has 1 aromatic rings. The molecule has 0 N–H and O–H groups in total. The number of carbonyl (C=O) groups excluding carboxylic acids is 3. The molecule has 5 nitrogen and oxygen atoms in total. The second kappa shape index (κ2) is 5.04. The number of hydrogen-bond donors (Lipinski definition) is 0. The van der Waals surface area contributed by atoms with Crippen molar-refractivity contribution in [2.75, 3.05) is 11.6 Å². The number of benzene rings is 1. The maximum atomic E-state index is 13.0. The van der Waals surface area contributed by atoms with Crippen molar-refractivity contribution < 1.29 is 14.4 Å². The van der Waals surface area contributed by atoms with Gasteiger partial charge in [-0.3, -0.25) is 24.2 Å². The lowest BCUT2D eigenvalue weighted by Crippen LogP contribution is -2.44. The number of carbonyl (C=O) groups is 3. The first kappa shape index (κ1) is 14.9. The van der Waals surface area contributed by atoms with E-state index in [2.05, 4.69) is 12.2 Å². The first-order valence-electron chi connectivity index (χ1n) is 8.94. The van der Waals surface area contributed by atoms with E-state index in [1.54, 1.807) is 0 Å². The van der Waals surface area contributed by atoms with E-state index in [0.29, 0.717) is 17.5 Å². The van der Waals surface area contributed by atoms with Gasteiger partial charge in [-0.25, -0.2) is 0 Å². The number of nitrogens with zero attached hydrogens (tertiary/aromatic N) is 2. The zero-order chi connectivity index (χ0) is 17.3. The highest BCUT2D eigenvalue weighted by Gasteiger charge is 2.67. The van der Waals surface area contributed by atoms with Gasteiger partial charge in [0.1, 0.15) is 6.67 Å². The van der Waals surface area contributed by atoms with Crippen molar-refractivity contribution in [3.63, 3.8) is 0 Å². The van der Waals surface area contributed by atoms with Crippen LogP contribution in [0.15, 0.2) is 42.5 Å². The Morgan fingerprint density at radius 1 is 1.04 bits per heavy atom. The summed E-state index contributed by atoms with van der Waals surface area (Å²) in [6.07, 6.45) is 5.47. The average molecular weight is 336 g/mol. The largest absolute Gasteiger partial charge is 0.294 e. The zero-order valence-electron chi connectivity index (χ0n) is 14.0. The van der Waals surface area contributed by atoms with Crippen molar-refractivity contribution in [3.8, 4) is 0 Å². The molecule has 6 atom stereocenters. The van der Waals surface area contributed by atoms with Gasteiger partial charge in [0.15, 0.2) is 0 Å². The van der Waals surface area contributed by atoms with Crippen LogP contribution in [0.4, 0.5) is 5.69 Å². The van der Waals surface area contributed by atoms with Gasteiger partial charge in [0.25, 0.3) is 0 Å². The van der Waals surface area contributed by atoms with Crippen LogP contribution < -0.4 is 4.90 Å². The Hall–Kier alpha value is -2.43. The number of amides is 3. The molecule has 1 heterocycles. The molecule has 3 fully saturated rings. The smallest absolute Gasteiger partial charge is 0.235 e. The summed E-state index contributed by atoms with van der Waals surface area (Å²) in [4.78, 5) is 41.0. The molecule has 1 aromatic carbocycles. The Bertz CT molecular complexity index is 766. The molecule has 1 saturated heterocycles. The van der Waals surface area contributed by atoms with E-state index in [1.165, 1.54) is 16.7 Å². The van der Waals surface area contributed by atoms with Gasteiger partial charge in [0, 0.05) is 12.6 Å². The lowest BCUT2D eigenvalue weighted by molar-refractivity contribution is -0.140. The van der Waals surface area contributed by atoms with Crippen LogP contribution in [0.25, 0.3) is 0 Å². The van der Waals surface area contributed by atoms with Gasteiger partial charge in [-0.15, -0.1) is 0 Å². The Kier molecular flexibility index (Phi) is 3.00. The lowest BCUT2D eigenvalue weighted by Gasteiger charge is -2.37. The fourth-order valence-corrected chi connectivity index (χ4v) is 5.27. The van der Waals surface area contributed by atoms with Gasteiger partial charge in [0.2, 0.25) is 17.7 Å². The van der Waals surface area contributed by atoms with Gasteiger partial charge in [-0.05, 0) is 42.2 Å². The van der Waals surface area contributed by atoms with Crippen molar-refractivity contribution >= 4 is 23.4 Å². The molecule has 2 saturated carbocycles. The Morgan fingerprint density at radius 2 is 1.60 bits per heavy atom. The molecule has 3 amide bonds. The summed E-state index contributed by atoms with van der Waals surface area (Å²) in [6.45, 7) is 1.48. The van der Waals surface area contributed by atoms with Gasteiger partial charge in [-0.2, -0.15) is 0 Å². The summed E-state index contributed by atoms with van der Waals surface area (Å²) in [6, 6.07) is 9.20. The number of imide groups is 1. The molecule has 0 radical (unpaired) electrons. The second-order valence-corrected chi connectivity index (χ2v) is 7.68. The quantitative estimate of drug-likeness (QED) is 0.627. The number of hydrogen-bond acceptors (Lipinski definition) is 3. The molecule has 6 rings (SSSR count). The maximum Gasteiger partial charge on any atom is 0.235 e. The van der Waals surface area contributed by atoms with E-state index in [0.717, 1.165) is 6.42 Å². The minimum Gasteiger partial charge on any atom is -0.294 e. The monoisotopic (exact) mass is 336 g/mol. The predicted molar refractivity (Wildman–Crippen MR) is 91.0 cm³/mol. The standard InChI is InChI=1S/C20H20N2O3/c1-11(23)21(12-5-3-2-4-6-12)10-22-19(24)17-13-7-8-14(16-9-15(13)16)18(17)20(22)25/h2-8,13-18H,9-10H2,1H3/t13-,14-,15-,16-,17-,18+/m1/s1. The van der Waals surface area contributed by atoms with E-state index < -0.39 is 0 Å². The van der Waals surface area contributed by atoms with Gasteiger partial charge in [0.05, 0.1) is 11.8 Å². The van der Waals surface area contributed by atoms with Crippen molar-refractivity contribution in [2.24, 2.45) is 35.5 Å². The average Bonchev–Trinajstić information content (AvgIpc) is 3.40. The molecular formula is C20H20N2O3. The number of likely N-dealkylation sites (tertiary alicyclic amines) is 1. The molecule has 25 heavy (non-hydrogen) atoms. The number of rotatable bonds is 3. The highest BCUT2D eigenvalue weighted by molar-refractivity contribution is 6.07. The SMILES string of the molecule is CC(=O)N(CN1C(=O)[C@@H]2[C@@H]3C=C[C@H]([C@H]4C[C@H]34)[C@@H]2C1=O)c1ccccc1. The third-order valence-electron chi connectivity index (χ3n) is 6.48. The lowest BCUT2D eigenvalue weighted by atomic mass is 9.63. The van der Waals surface area contributed by atoms with Crippen LogP contribution in [0.1, 0.15) is 13.3 Å². The summed E-state index contributed by atoms with van der Waals surface area (Å²) in [5, 5.41) is 0. The van der Waals surface area contributed by atoms with Crippen LogP contribution >= 0.6 is 0 Å². The normalized spacial score (nSPS) is 37.1. The Labute approximate surface area is 146 Å². The first-order chi connectivity index (χ1) is 12.1. The first-order valence-corrected chi connectivity index (χ1v) is 8.94. The van der Waals surface area contributed by atoms with Gasteiger partial charge < -0.3 is 0 Å². The van der Waals surface area contributed by atoms with Crippen LogP contribution in [-0.4, -0.2) is 29.3 Å². The second-order valence-electron chi connectivity index (χ2n) is 7.68. The summed E-state index contributed by atoms with van der Waals surface area (Å²) in [5.41, 5.74) is 0.703. The molecule has 5 heteroatoms. The molecular weight excluding hydrogens is 316 g/mol. The van der Waals surface area contributed by atoms with Crippen LogP contribution in [-0.2, 0) is 14.4 Å². The molecule has 2 bridgehead atoms. The molecule has 4 aliphatic carbocycles. The Morgan fingerprint density at radius 3 is 2.12 bits per heavy atom. The summed E-state index contributed by atoms with van der Waals surface area (Å²) in [7, 11) is 0. The fourth-order valence-electron chi connectivity index (χ4n) is 5.27. The fraction of sp³-hybridized carbons (Fsp3) is 0.450.